The minimum Gasteiger partial charge on any atom is -0.462 e. The van der Waals surface area contributed by atoms with Crippen molar-refractivity contribution in [2.75, 3.05) is 0 Å². The smallest absolute Gasteiger partial charge is 0.306 e. The van der Waals surface area contributed by atoms with Crippen molar-refractivity contribution in [2.24, 2.45) is 5.92 Å². The molecule has 13 heavy (non-hydrogen) atoms. The largest absolute Gasteiger partial charge is 0.462 e. The number of ether oxygens (including phenoxy) is 1. The van der Waals surface area contributed by atoms with Gasteiger partial charge in [0.1, 0.15) is 11.9 Å². The first-order chi connectivity index (χ1) is 6.25. The van der Waals surface area contributed by atoms with E-state index in [-0.39, 0.29) is 18.0 Å². The SMILES string of the molecule is O=C1CCCC[C@@H]2OC(=O)C[C@H]2C1. The van der Waals surface area contributed by atoms with Crippen LogP contribution in [0.5, 0.6) is 0 Å². The molecular formula is C10H14O3. The molecule has 72 valence electrons. The van der Waals surface area contributed by atoms with Crippen molar-refractivity contribution in [3.8, 4) is 0 Å². The summed E-state index contributed by atoms with van der Waals surface area (Å²) in [5.41, 5.74) is 0. The van der Waals surface area contributed by atoms with Crippen molar-refractivity contribution in [2.45, 2.75) is 44.6 Å². The number of rotatable bonds is 0. The van der Waals surface area contributed by atoms with E-state index in [2.05, 4.69) is 0 Å². The summed E-state index contributed by atoms with van der Waals surface area (Å²) < 4.78 is 5.16. The second-order valence-corrected chi connectivity index (χ2v) is 3.98. The summed E-state index contributed by atoms with van der Waals surface area (Å²) in [4.78, 5) is 22.3. The molecule has 1 aliphatic carbocycles. The third kappa shape index (κ3) is 1.90. The van der Waals surface area contributed by atoms with Gasteiger partial charge in [-0.15, -0.1) is 0 Å². The normalized spacial score (nSPS) is 34.8. The summed E-state index contributed by atoms with van der Waals surface area (Å²) in [6.45, 7) is 0. The molecule has 0 aromatic heterocycles. The molecule has 3 nitrogen and oxygen atoms in total. The maximum absolute atomic E-state index is 11.3. The highest BCUT2D eigenvalue weighted by molar-refractivity contribution is 5.80. The van der Waals surface area contributed by atoms with E-state index in [0.29, 0.717) is 25.0 Å². The Hall–Kier alpha value is -0.860. The Labute approximate surface area is 77.4 Å². The first kappa shape index (κ1) is 8.73. The Morgan fingerprint density at radius 3 is 2.85 bits per heavy atom. The molecular weight excluding hydrogens is 168 g/mol. The van der Waals surface area contributed by atoms with E-state index in [1.165, 1.54) is 0 Å². The number of carbonyl (C=O) groups excluding carboxylic acids is 2. The molecule has 2 atom stereocenters. The summed E-state index contributed by atoms with van der Waals surface area (Å²) in [6.07, 6.45) is 4.66. The number of hydrogen-bond acceptors (Lipinski definition) is 3. The van der Waals surface area contributed by atoms with Crippen molar-refractivity contribution in [3.05, 3.63) is 0 Å². The van der Waals surface area contributed by atoms with Gasteiger partial charge in [-0.25, -0.2) is 0 Å². The topological polar surface area (TPSA) is 43.4 Å². The van der Waals surface area contributed by atoms with Crippen LogP contribution in [0.4, 0.5) is 0 Å². The van der Waals surface area contributed by atoms with Gasteiger partial charge in [0.25, 0.3) is 0 Å². The maximum atomic E-state index is 11.3. The van der Waals surface area contributed by atoms with E-state index in [1.807, 2.05) is 0 Å². The highest BCUT2D eigenvalue weighted by atomic mass is 16.5. The molecule has 1 saturated heterocycles. The lowest BCUT2D eigenvalue weighted by Gasteiger charge is -2.19. The van der Waals surface area contributed by atoms with Crippen LogP contribution in [0.15, 0.2) is 0 Å². The van der Waals surface area contributed by atoms with E-state index >= 15 is 0 Å². The average molecular weight is 182 g/mol. The van der Waals surface area contributed by atoms with Crippen LogP contribution in [0, 0.1) is 5.92 Å². The molecule has 2 rings (SSSR count). The zero-order valence-corrected chi connectivity index (χ0v) is 7.62. The Balaban J connectivity index is 2.04. The number of Topliss-reactive ketones (excluding diaryl/α,β-unsaturated/α-hetero) is 1. The monoisotopic (exact) mass is 182 g/mol. The standard InChI is InChI=1S/C10H14O3/c11-8-3-1-2-4-9-7(5-8)6-10(12)13-9/h7,9H,1-6H2/t7-,9+/m1/s1. The van der Waals surface area contributed by atoms with Gasteiger partial charge in [0.15, 0.2) is 0 Å². The number of ketones is 1. The predicted molar refractivity (Wildman–Crippen MR) is 46.1 cm³/mol. The van der Waals surface area contributed by atoms with Gasteiger partial charge in [-0.05, 0) is 19.3 Å². The molecule has 0 spiro atoms. The highest BCUT2D eigenvalue weighted by Crippen LogP contribution is 2.31. The fourth-order valence-corrected chi connectivity index (χ4v) is 2.22. The van der Waals surface area contributed by atoms with Gasteiger partial charge in [0, 0.05) is 18.8 Å². The van der Waals surface area contributed by atoms with Gasteiger partial charge >= 0.3 is 5.97 Å². The molecule has 0 aromatic carbocycles. The predicted octanol–water partition coefficient (Wildman–Crippen LogP) is 1.45. The van der Waals surface area contributed by atoms with E-state index in [4.69, 9.17) is 4.74 Å². The molecule has 2 fully saturated rings. The van der Waals surface area contributed by atoms with Crippen molar-refractivity contribution in [3.63, 3.8) is 0 Å². The van der Waals surface area contributed by atoms with E-state index in [0.717, 1.165) is 19.3 Å². The van der Waals surface area contributed by atoms with Gasteiger partial charge < -0.3 is 4.74 Å². The van der Waals surface area contributed by atoms with Crippen LogP contribution in [0.2, 0.25) is 0 Å². The highest BCUT2D eigenvalue weighted by Gasteiger charge is 2.36. The molecule has 0 N–H and O–H groups in total. The molecule has 1 heterocycles. The first-order valence-electron chi connectivity index (χ1n) is 4.97. The quantitative estimate of drug-likeness (QED) is 0.532. The first-order valence-corrected chi connectivity index (χ1v) is 4.97. The Morgan fingerprint density at radius 2 is 2.00 bits per heavy atom. The van der Waals surface area contributed by atoms with Gasteiger partial charge in [0.05, 0.1) is 6.42 Å². The van der Waals surface area contributed by atoms with Gasteiger partial charge in [0.2, 0.25) is 0 Å². The van der Waals surface area contributed by atoms with Crippen molar-refractivity contribution in [1.29, 1.82) is 0 Å². The van der Waals surface area contributed by atoms with Gasteiger partial charge in [-0.2, -0.15) is 0 Å². The van der Waals surface area contributed by atoms with E-state index < -0.39 is 0 Å². The molecule has 1 saturated carbocycles. The van der Waals surface area contributed by atoms with Crippen molar-refractivity contribution >= 4 is 11.8 Å². The minimum absolute atomic E-state index is 0.0387. The average Bonchev–Trinajstić information content (AvgIpc) is 2.36. The van der Waals surface area contributed by atoms with Crippen LogP contribution in [0.1, 0.15) is 38.5 Å². The summed E-state index contributed by atoms with van der Waals surface area (Å²) in [6, 6.07) is 0. The van der Waals surface area contributed by atoms with E-state index in [9.17, 15) is 9.59 Å². The molecule has 0 amide bonds. The number of esters is 1. The van der Waals surface area contributed by atoms with Gasteiger partial charge in [-0.1, -0.05) is 0 Å². The van der Waals surface area contributed by atoms with Gasteiger partial charge in [-0.3, -0.25) is 9.59 Å². The van der Waals surface area contributed by atoms with Crippen LogP contribution in [0.25, 0.3) is 0 Å². The van der Waals surface area contributed by atoms with Crippen LogP contribution >= 0.6 is 0 Å². The molecule has 0 unspecified atom stereocenters. The summed E-state index contributed by atoms with van der Waals surface area (Å²) >= 11 is 0. The van der Waals surface area contributed by atoms with E-state index in [1.54, 1.807) is 0 Å². The molecule has 3 heteroatoms. The number of hydrogen-bond donors (Lipinski definition) is 0. The van der Waals surface area contributed by atoms with Crippen LogP contribution in [-0.2, 0) is 14.3 Å². The lowest BCUT2D eigenvalue weighted by molar-refractivity contribution is -0.142. The summed E-state index contributed by atoms with van der Waals surface area (Å²) in [5.74, 6) is 0.359. The maximum Gasteiger partial charge on any atom is 0.306 e. The molecule has 2 aliphatic rings. The summed E-state index contributed by atoms with van der Waals surface area (Å²) in [7, 11) is 0. The number of carbonyl (C=O) groups is 2. The zero-order valence-electron chi connectivity index (χ0n) is 7.62. The van der Waals surface area contributed by atoms with Crippen LogP contribution in [0.3, 0.4) is 0 Å². The Morgan fingerprint density at radius 1 is 1.15 bits per heavy atom. The van der Waals surface area contributed by atoms with Crippen LogP contribution < -0.4 is 0 Å². The minimum atomic E-state index is -0.121. The Kier molecular flexibility index (Phi) is 2.34. The van der Waals surface area contributed by atoms with Crippen molar-refractivity contribution in [1.82, 2.24) is 0 Å². The second-order valence-electron chi connectivity index (χ2n) is 3.98. The Bertz CT molecular complexity index is 234. The molecule has 0 aromatic rings. The fraction of sp³-hybridized carbons (Fsp3) is 0.800. The molecule has 1 aliphatic heterocycles. The molecule has 0 radical (unpaired) electrons. The lowest BCUT2D eigenvalue weighted by atomic mass is 9.88. The number of fused-ring (bicyclic) bond motifs is 1. The van der Waals surface area contributed by atoms with Crippen molar-refractivity contribution < 1.29 is 14.3 Å². The lowest BCUT2D eigenvalue weighted by Crippen LogP contribution is -2.21. The fourth-order valence-electron chi connectivity index (χ4n) is 2.22. The second kappa shape index (κ2) is 3.48. The summed E-state index contributed by atoms with van der Waals surface area (Å²) in [5, 5.41) is 0. The molecule has 0 bridgehead atoms. The zero-order chi connectivity index (χ0) is 9.26. The third-order valence-corrected chi connectivity index (χ3v) is 2.92. The van der Waals surface area contributed by atoms with Crippen LogP contribution in [-0.4, -0.2) is 17.9 Å². The third-order valence-electron chi connectivity index (χ3n) is 2.92.